The zero-order valence-corrected chi connectivity index (χ0v) is 18.0. The summed E-state index contributed by atoms with van der Waals surface area (Å²) in [5.41, 5.74) is -0.759. The van der Waals surface area contributed by atoms with Gasteiger partial charge >= 0.3 is 5.97 Å². The van der Waals surface area contributed by atoms with E-state index in [-0.39, 0.29) is 29.7 Å². The fraction of sp³-hybridized carbons (Fsp3) is 0.500. The summed E-state index contributed by atoms with van der Waals surface area (Å²) < 4.78 is 12.5. The lowest BCUT2D eigenvalue weighted by atomic mass is 9.68. The fourth-order valence-corrected chi connectivity index (χ4v) is 5.55. The lowest BCUT2D eigenvalue weighted by molar-refractivity contribution is -0.186. The number of carbonyl (C=O) groups is 2. The van der Waals surface area contributed by atoms with Crippen LogP contribution < -0.4 is 0 Å². The lowest BCUT2D eigenvalue weighted by Crippen LogP contribution is -2.51. The van der Waals surface area contributed by atoms with Crippen LogP contribution in [0.2, 0.25) is 0 Å². The largest absolute Gasteiger partial charge is 0.458 e. The van der Waals surface area contributed by atoms with Crippen molar-refractivity contribution < 1.29 is 19.1 Å². The maximum Gasteiger partial charge on any atom is 0.339 e. The second-order valence-electron chi connectivity index (χ2n) is 9.10. The van der Waals surface area contributed by atoms with E-state index in [0.717, 1.165) is 23.3 Å². The molecule has 1 aliphatic heterocycles. The van der Waals surface area contributed by atoms with Crippen LogP contribution in [0.3, 0.4) is 0 Å². The summed E-state index contributed by atoms with van der Waals surface area (Å²) in [4.78, 5) is 27.6. The SMILES string of the molecule is CC(C)(C)OC(=O)[C@]1(Cc2ccccc2)O[C@H](c2cccs2)[C@@H]2C(=O)CCC[C@@H]21. The number of rotatable bonds is 4. The van der Waals surface area contributed by atoms with E-state index in [1.165, 1.54) is 0 Å². The van der Waals surface area contributed by atoms with E-state index in [1.807, 2.05) is 68.6 Å². The number of benzene rings is 1. The van der Waals surface area contributed by atoms with Gasteiger partial charge in [0.2, 0.25) is 0 Å². The van der Waals surface area contributed by atoms with E-state index in [2.05, 4.69) is 0 Å². The van der Waals surface area contributed by atoms with Gasteiger partial charge in [0.25, 0.3) is 0 Å². The van der Waals surface area contributed by atoms with E-state index < -0.39 is 11.2 Å². The number of fused-ring (bicyclic) bond motifs is 1. The normalized spacial score (nSPS) is 29.5. The molecule has 5 heteroatoms. The number of thiophene rings is 1. The minimum absolute atomic E-state index is 0.175. The molecular weight excluding hydrogens is 384 g/mol. The summed E-state index contributed by atoms with van der Waals surface area (Å²) in [6.45, 7) is 5.61. The molecule has 0 bridgehead atoms. The highest BCUT2D eigenvalue weighted by molar-refractivity contribution is 7.10. The number of ether oxygens (including phenoxy) is 2. The number of carbonyl (C=O) groups excluding carboxylic acids is 2. The molecule has 0 radical (unpaired) electrons. The van der Waals surface area contributed by atoms with E-state index in [9.17, 15) is 9.59 Å². The van der Waals surface area contributed by atoms with Crippen molar-refractivity contribution in [2.45, 2.75) is 63.8 Å². The topological polar surface area (TPSA) is 52.6 Å². The van der Waals surface area contributed by atoms with Gasteiger partial charge in [-0.2, -0.15) is 0 Å². The van der Waals surface area contributed by atoms with Crippen LogP contribution >= 0.6 is 11.3 Å². The molecule has 2 aliphatic rings. The highest BCUT2D eigenvalue weighted by Gasteiger charge is 2.63. The van der Waals surface area contributed by atoms with Crippen LogP contribution in [0.4, 0.5) is 0 Å². The Morgan fingerprint density at radius 3 is 2.62 bits per heavy atom. The molecule has 1 aromatic carbocycles. The summed E-state index contributed by atoms with van der Waals surface area (Å²) in [5.74, 6) is -0.611. The minimum atomic E-state index is -1.15. The summed E-state index contributed by atoms with van der Waals surface area (Å²) in [6, 6.07) is 13.9. The van der Waals surface area contributed by atoms with Crippen molar-refractivity contribution in [3.63, 3.8) is 0 Å². The van der Waals surface area contributed by atoms with Gasteiger partial charge < -0.3 is 9.47 Å². The number of Topliss-reactive ketones (excluding diaryl/α,β-unsaturated/α-hetero) is 1. The zero-order valence-electron chi connectivity index (χ0n) is 17.2. The smallest absolute Gasteiger partial charge is 0.339 e. The molecule has 4 rings (SSSR count). The molecule has 2 fully saturated rings. The van der Waals surface area contributed by atoms with Crippen molar-refractivity contribution in [3.05, 3.63) is 58.3 Å². The van der Waals surface area contributed by atoms with Crippen molar-refractivity contribution in [2.24, 2.45) is 11.8 Å². The minimum Gasteiger partial charge on any atom is -0.458 e. The molecule has 0 spiro atoms. The summed E-state index contributed by atoms with van der Waals surface area (Å²) >= 11 is 1.58. The van der Waals surface area contributed by atoms with E-state index in [0.29, 0.717) is 12.8 Å². The molecule has 2 aromatic rings. The predicted octanol–water partition coefficient (Wildman–Crippen LogP) is 5.13. The molecule has 29 heavy (non-hydrogen) atoms. The first-order chi connectivity index (χ1) is 13.8. The van der Waals surface area contributed by atoms with Gasteiger partial charge in [0, 0.05) is 23.6 Å². The highest BCUT2D eigenvalue weighted by atomic mass is 32.1. The Labute approximate surface area is 176 Å². The Morgan fingerprint density at radius 2 is 1.97 bits per heavy atom. The molecule has 0 N–H and O–H groups in total. The third kappa shape index (κ3) is 3.90. The summed E-state index contributed by atoms with van der Waals surface area (Å²) in [7, 11) is 0. The monoisotopic (exact) mass is 412 g/mol. The second kappa shape index (κ2) is 7.69. The second-order valence-corrected chi connectivity index (χ2v) is 10.1. The van der Waals surface area contributed by atoms with Crippen LogP contribution in [0.5, 0.6) is 0 Å². The maximum absolute atomic E-state index is 13.6. The third-order valence-electron chi connectivity index (χ3n) is 5.88. The number of hydrogen-bond acceptors (Lipinski definition) is 5. The highest BCUT2D eigenvalue weighted by Crippen LogP contribution is 2.55. The molecule has 154 valence electrons. The van der Waals surface area contributed by atoms with Gasteiger partial charge in [0.15, 0.2) is 5.60 Å². The van der Waals surface area contributed by atoms with E-state index >= 15 is 0 Å². The van der Waals surface area contributed by atoms with Crippen LogP contribution in [0.15, 0.2) is 47.8 Å². The van der Waals surface area contributed by atoms with E-state index in [4.69, 9.17) is 9.47 Å². The lowest BCUT2D eigenvalue weighted by Gasteiger charge is -2.37. The number of hydrogen-bond donors (Lipinski definition) is 0. The molecule has 0 unspecified atom stereocenters. The molecule has 4 nitrogen and oxygen atoms in total. The van der Waals surface area contributed by atoms with Crippen LogP contribution in [0.1, 0.15) is 56.6 Å². The van der Waals surface area contributed by atoms with Crippen LogP contribution in [-0.2, 0) is 25.5 Å². The van der Waals surface area contributed by atoms with Crippen molar-refractivity contribution in [1.82, 2.24) is 0 Å². The first-order valence-corrected chi connectivity index (χ1v) is 11.2. The molecule has 2 heterocycles. The molecule has 1 aromatic heterocycles. The Bertz CT molecular complexity index is 868. The van der Waals surface area contributed by atoms with Gasteiger partial charge in [0.1, 0.15) is 17.5 Å². The Hall–Kier alpha value is -1.98. The maximum atomic E-state index is 13.6. The van der Waals surface area contributed by atoms with Crippen LogP contribution in [0.25, 0.3) is 0 Å². The third-order valence-corrected chi connectivity index (χ3v) is 6.82. The Kier molecular flexibility index (Phi) is 5.38. The molecule has 1 saturated carbocycles. The van der Waals surface area contributed by atoms with Gasteiger partial charge in [-0.25, -0.2) is 4.79 Å². The number of esters is 1. The molecule has 4 atom stereocenters. The average Bonchev–Trinajstić information content (AvgIpc) is 3.29. The first-order valence-electron chi connectivity index (χ1n) is 10.3. The van der Waals surface area contributed by atoms with Crippen molar-refractivity contribution >= 4 is 23.1 Å². The molecular formula is C24H28O4S. The van der Waals surface area contributed by atoms with Crippen molar-refractivity contribution in [2.75, 3.05) is 0 Å². The van der Waals surface area contributed by atoms with Crippen molar-refractivity contribution in [1.29, 1.82) is 0 Å². The quantitative estimate of drug-likeness (QED) is 0.654. The fourth-order valence-electron chi connectivity index (χ4n) is 4.75. The van der Waals surface area contributed by atoms with E-state index in [1.54, 1.807) is 11.3 Å². The Morgan fingerprint density at radius 1 is 1.21 bits per heavy atom. The zero-order chi connectivity index (χ0) is 20.6. The summed E-state index contributed by atoms with van der Waals surface area (Å²) in [5, 5.41) is 1.99. The number of ketones is 1. The van der Waals surface area contributed by atoms with Gasteiger partial charge in [0.05, 0.1) is 5.92 Å². The summed E-state index contributed by atoms with van der Waals surface area (Å²) in [6.07, 6.45) is 2.18. The van der Waals surface area contributed by atoms with Gasteiger partial charge in [-0.3, -0.25) is 4.79 Å². The molecule has 1 aliphatic carbocycles. The molecule has 0 amide bonds. The van der Waals surface area contributed by atoms with Gasteiger partial charge in [-0.05, 0) is 50.6 Å². The Balaban J connectivity index is 1.79. The van der Waals surface area contributed by atoms with Crippen molar-refractivity contribution in [3.8, 4) is 0 Å². The van der Waals surface area contributed by atoms with Gasteiger partial charge in [-0.1, -0.05) is 36.4 Å². The molecule has 1 saturated heterocycles. The van der Waals surface area contributed by atoms with Crippen LogP contribution in [-0.4, -0.2) is 23.0 Å². The average molecular weight is 413 g/mol. The van der Waals surface area contributed by atoms with Gasteiger partial charge in [-0.15, -0.1) is 11.3 Å². The van der Waals surface area contributed by atoms with Crippen LogP contribution in [0, 0.1) is 11.8 Å². The standard InChI is InChI=1S/C24H28O4S/c1-23(2,3)28-22(26)24(15-16-9-5-4-6-10-16)17-11-7-12-18(25)20(17)21(27-24)19-13-8-14-29-19/h4-6,8-10,13-14,17,20-21H,7,11-12,15H2,1-3H3/t17-,20-,21+,24+/m0/s1. The predicted molar refractivity (Wildman–Crippen MR) is 113 cm³/mol. The first kappa shape index (κ1) is 20.3.